The molecule has 17 heavy (non-hydrogen) atoms. The molecule has 3 heteroatoms. The molecular weight excluding hydrogens is 228 g/mol. The van der Waals surface area contributed by atoms with E-state index in [4.69, 9.17) is 0 Å². The van der Waals surface area contributed by atoms with Crippen LogP contribution < -0.4 is 5.32 Å². The van der Waals surface area contributed by atoms with E-state index in [-0.39, 0.29) is 0 Å². The molecule has 1 saturated carbocycles. The maximum Gasteiger partial charge on any atom is 0.0231 e. The number of hydrogen-bond acceptors (Lipinski definition) is 3. The van der Waals surface area contributed by atoms with E-state index < -0.39 is 0 Å². The molecule has 1 N–H and O–H groups in total. The molecule has 0 bridgehead atoms. The SMILES string of the molecule is CC1(C)CN(CCCNC2CCCC2)CCS1. The van der Waals surface area contributed by atoms with Gasteiger partial charge in [0.25, 0.3) is 0 Å². The lowest BCUT2D eigenvalue weighted by molar-refractivity contribution is 0.255. The largest absolute Gasteiger partial charge is 0.314 e. The van der Waals surface area contributed by atoms with Gasteiger partial charge in [0.1, 0.15) is 0 Å². The maximum atomic E-state index is 3.71. The topological polar surface area (TPSA) is 15.3 Å². The van der Waals surface area contributed by atoms with Crippen molar-refractivity contribution in [3.05, 3.63) is 0 Å². The predicted octanol–water partition coefficient (Wildman–Crippen LogP) is 2.74. The van der Waals surface area contributed by atoms with E-state index in [1.54, 1.807) is 0 Å². The maximum absolute atomic E-state index is 3.71. The molecule has 1 aliphatic heterocycles. The predicted molar refractivity (Wildman–Crippen MR) is 77.9 cm³/mol. The van der Waals surface area contributed by atoms with Crippen molar-refractivity contribution in [2.45, 2.75) is 56.7 Å². The summed E-state index contributed by atoms with van der Waals surface area (Å²) in [5.41, 5.74) is 0. The first kappa shape index (κ1) is 13.7. The second-order valence-electron chi connectivity index (χ2n) is 6.17. The van der Waals surface area contributed by atoms with Gasteiger partial charge in [-0.1, -0.05) is 12.8 Å². The molecule has 2 nitrogen and oxygen atoms in total. The number of nitrogens with zero attached hydrogens (tertiary/aromatic N) is 1. The standard InChI is InChI=1S/C14H28N2S/c1-14(2)12-16(10-11-17-14)9-5-8-15-13-6-3-4-7-13/h13,15H,3-12H2,1-2H3. The Kier molecular flexibility index (Phi) is 5.19. The fourth-order valence-electron chi connectivity index (χ4n) is 3.04. The summed E-state index contributed by atoms with van der Waals surface area (Å²) in [4.78, 5) is 2.65. The smallest absolute Gasteiger partial charge is 0.0231 e. The molecule has 0 aromatic carbocycles. The molecule has 100 valence electrons. The molecule has 0 unspecified atom stereocenters. The molecule has 0 radical (unpaired) electrons. The zero-order valence-electron chi connectivity index (χ0n) is 11.5. The van der Waals surface area contributed by atoms with Crippen LogP contribution in [0.3, 0.4) is 0 Å². The lowest BCUT2D eigenvalue weighted by Gasteiger charge is -2.37. The Hall–Kier alpha value is 0.270. The summed E-state index contributed by atoms with van der Waals surface area (Å²) in [5.74, 6) is 1.31. The van der Waals surface area contributed by atoms with Gasteiger partial charge in [-0.05, 0) is 46.2 Å². The highest BCUT2D eigenvalue weighted by Gasteiger charge is 2.26. The van der Waals surface area contributed by atoms with Gasteiger partial charge < -0.3 is 10.2 Å². The molecule has 0 spiro atoms. The molecule has 0 atom stereocenters. The molecule has 1 aliphatic carbocycles. The van der Waals surface area contributed by atoms with Gasteiger partial charge in [0.15, 0.2) is 0 Å². The molecule has 2 fully saturated rings. The Bertz CT molecular complexity index is 224. The molecule has 1 heterocycles. The van der Waals surface area contributed by atoms with Gasteiger partial charge in [-0.2, -0.15) is 11.8 Å². The lowest BCUT2D eigenvalue weighted by atomic mass is 10.2. The molecule has 0 amide bonds. The van der Waals surface area contributed by atoms with Crippen LogP contribution in [0.5, 0.6) is 0 Å². The summed E-state index contributed by atoms with van der Waals surface area (Å²) >= 11 is 2.13. The van der Waals surface area contributed by atoms with Crippen LogP contribution in [0, 0.1) is 0 Å². The molecule has 1 saturated heterocycles. The molecular formula is C14H28N2S. The number of thioether (sulfide) groups is 1. The summed E-state index contributed by atoms with van der Waals surface area (Å²) in [6, 6.07) is 0.836. The Balaban J connectivity index is 1.55. The monoisotopic (exact) mass is 256 g/mol. The number of rotatable bonds is 5. The van der Waals surface area contributed by atoms with Gasteiger partial charge >= 0.3 is 0 Å². The van der Waals surface area contributed by atoms with Crippen molar-refractivity contribution in [1.82, 2.24) is 10.2 Å². The number of hydrogen-bond donors (Lipinski definition) is 1. The quantitative estimate of drug-likeness (QED) is 0.762. The second kappa shape index (κ2) is 6.44. The van der Waals surface area contributed by atoms with Crippen molar-refractivity contribution in [3.63, 3.8) is 0 Å². The van der Waals surface area contributed by atoms with Crippen LogP contribution >= 0.6 is 11.8 Å². The van der Waals surface area contributed by atoms with Crippen LogP contribution in [0.1, 0.15) is 46.0 Å². The minimum absolute atomic E-state index is 0.469. The van der Waals surface area contributed by atoms with Gasteiger partial charge in [0.05, 0.1) is 0 Å². The van der Waals surface area contributed by atoms with E-state index in [9.17, 15) is 0 Å². The van der Waals surface area contributed by atoms with Crippen molar-refractivity contribution in [3.8, 4) is 0 Å². The van der Waals surface area contributed by atoms with Crippen molar-refractivity contribution >= 4 is 11.8 Å². The van der Waals surface area contributed by atoms with Crippen LogP contribution in [0.15, 0.2) is 0 Å². The highest BCUT2D eigenvalue weighted by atomic mass is 32.2. The fourth-order valence-corrected chi connectivity index (χ4v) is 4.22. The Morgan fingerprint density at radius 2 is 2.06 bits per heavy atom. The average molecular weight is 256 g/mol. The lowest BCUT2D eigenvalue weighted by Crippen LogP contribution is -2.44. The van der Waals surface area contributed by atoms with Crippen molar-refractivity contribution in [2.24, 2.45) is 0 Å². The first-order valence-electron chi connectivity index (χ1n) is 7.25. The second-order valence-corrected chi connectivity index (χ2v) is 7.98. The summed E-state index contributed by atoms with van der Waals surface area (Å²) in [7, 11) is 0. The third-order valence-electron chi connectivity index (χ3n) is 3.94. The first-order chi connectivity index (χ1) is 8.16. The third kappa shape index (κ3) is 4.80. The zero-order chi connectivity index (χ0) is 12.1. The zero-order valence-corrected chi connectivity index (χ0v) is 12.3. The minimum Gasteiger partial charge on any atom is -0.314 e. The van der Waals surface area contributed by atoms with E-state index in [2.05, 4.69) is 35.8 Å². The van der Waals surface area contributed by atoms with Gasteiger partial charge in [-0.3, -0.25) is 0 Å². The van der Waals surface area contributed by atoms with Crippen LogP contribution in [-0.4, -0.2) is 47.6 Å². The Morgan fingerprint density at radius 3 is 2.76 bits per heavy atom. The van der Waals surface area contributed by atoms with Crippen LogP contribution in [0.25, 0.3) is 0 Å². The molecule has 0 aromatic rings. The van der Waals surface area contributed by atoms with E-state index >= 15 is 0 Å². The van der Waals surface area contributed by atoms with Gasteiger partial charge in [-0.25, -0.2) is 0 Å². The summed E-state index contributed by atoms with van der Waals surface area (Å²) in [5, 5.41) is 3.71. The highest BCUT2D eigenvalue weighted by Crippen LogP contribution is 2.29. The van der Waals surface area contributed by atoms with Gasteiger partial charge in [0, 0.05) is 29.6 Å². The summed E-state index contributed by atoms with van der Waals surface area (Å²) < 4.78 is 0.469. The van der Waals surface area contributed by atoms with E-state index in [1.165, 1.54) is 64.0 Å². The first-order valence-corrected chi connectivity index (χ1v) is 8.24. The van der Waals surface area contributed by atoms with Crippen molar-refractivity contribution in [1.29, 1.82) is 0 Å². The Morgan fingerprint density at radius 1 is 1.29 bits per heavy atom. The van der Waals surface area contributed by atoms with Gasteiger partial charge in [0.2, 0.25) is 0 Å². The minimum atomic E-state index is 0.469. The van der Waals surface area contributed by atoms with Crippen LogP contribution in [0.4, 0.5) is 0 Å². The van der Waals surface area contributed by atoms with Crippen LogP contribution in [0.2, 0.25) is 0 Å². The van der Waals surface area contributed by atoms with Crippen molar-refractivity contribution in [2.75, 3.05) is 31.9 Å². The van der Waals surface area contributed by atoms with Crippen LogP contribution in [-0.2, 0) is 0 Å². The normalized spacial score (nSPS) is 26.5. The molecule has 2 rings (SSSR count). The van der Waals surface area contributed by atoms with E-state index in [0.29, 0.717) is 4.75 Å². The summed E-state index contributed by atoms with van der Waals surface area (Å²) in [6.45, 7) is 9.80. The summed E-state index contributed by atoms with van der Waals surface area (Å²) in [6.07, 6.45) is 7.02. The third-order valence-corrected chi connectivity index (χ3v) is 5.24. The van der Waals surface area contributed by atoms with Gasteiger partial charge in [-0.15, -0.1) is 0 Å². The molecule has 2 aliphatic rings. The van der Waals surface area contributed by atoms with E-state index in [0.717, 1.165) is 6.04 Å². The van der Waals surface area contributed by atoms with E-state index in [1.807, 2.05) is 0 Å². The highest BCUT2D eigenvalue weighted by molar-refractivity contribution is 8.00. The Labute approximate surface area is 111 Å². The average Bonchev–Trinajstić information content (AvgIpc) is 2.76. The molecule has 0 aromatic heterocycles. The number of nitrogens with one attached hydrogen (secondary N) is 1. The van der Waals surface area contributed by atoms with Crippen molar-refractivity contribution < 1.29 is 0 Å². The fraction of sp³-hybridized carbons (Fsp3) is 1.00.